The van der Waals surface area contributed by atoms with Crippen molar-refractivity contribution < 1.29 is 4.74 Å². The summed E-state index contributed by atoms with van der Waals surface area (Å²) in [4.78, 5) is 2.73. The van der Waals surface area contributed by atoms with Crippen molar-refractivity contribution in [1.29, 1.82) is 0 Å². The minimum absolute atomic E-state index is 0.383. The van der Waals surface area contributed by atoms with Crippen LogP contribution in [0.5, 0.6) is 0 Å². The second-order valence-electron chi connectivity index (χ2n) is 7.29. The zero-order chi connectivity index (χ0) is 13.3. The number of ether oxygens (including phenoxy) is 1. The Hall–Kier alpha value is -0.120. The predicted octanol–water partition coefficient (Wildman–Crippen LogP) is 2.27. The molecule has 0 spiro atoms. The zero-order valence-corrected chi connectivity index (χ0v) is 12.7. The molecule has 110 valence electrons. The lowest BCUT2D eigenvalue weighted by Crippen LogP contribution is -2.51. The van der Waals surface area contributed by atoms with Crippen LogP contribution in [0.15, 0.2) is 0 Å². The molecule has 0 bridgehead atoms. The van der Waals surface area contributed by atoms with Gasteiger partial charge >= 0.3 is 0 Å². The minimum atomic E-state index is 0.383. The third-order valence-corrected chi connectivity index (χ3v) is 5.57. The van der Waals surface area contributed by atoms with Crippen LogP contribution < -0.4 is 5.32 Å². The van der Waals surface area contributed by atoms with Crippen LogP contribution in [-0.4, -0.2) is 49.8 Å². The molecule has 0 aromatic rings. The molecule has 1 N–H and O–H groups in total. The van der Waals surface area contributed by atoms with E-state index in [-0.39, 0.29) is 0 Å². The maximum atomic E-state index is 5.75. The molecule has 19 heavy (non-hydrogen) atoms. The number of rotatable bonds is 5. The Kier molecular flexibility index (Phi) is 4.16. The Bertz CT molecular complexity index is 297. The molecule has 3 heteroatoms. The number of nitrogens with zero attached hydrogens (tertiary/aromatic N) is 1. The van der Waals surface area contributed by atoms with E-state index in [2.05, 4.69) is 24.1 Å². The first kappa shape index (κ1) is 13.8. The highest BCUT2D eigenvalue weighted by atomic mass is 16.5. The van der Waals surface area contributed by atoms with Crippen molar-refractivity contribution in [3.8, 4) is 0 Å². The fraction of sp³-hybridized carbons (Fsp3) is 1.00. The fourth-order valence-electron chi connectivity index (χ4n) is 3.69. The molecule has 3 aliphatic rings. The van der Waals surface area contributed by atoms with Crippen LogP contribution in [-0.2, 0) is 4.74 Å². The highest BCUT2D eigenvalue weighted by Crippen LogP contribution is 2.34. The van der Waals surface area contributed by atoms with Crippen LogP contribution in [0.1, 0.15) is 46.0 Å². The van der Waals surface area contributed by atoms with Gasteiger partial charge in [-0.15, -0.1) is 0 Å². The maximum absolute atomic E-state index is 5.75. The van der Waals surface area contributed by atoms with Crippen molar-refractivity contribution in [2.45, 2.75) is 58.0 Å². The maximum Gasteiger partial charge on any atom is 0.0547 e. The van der Waals surface area contributed by atoms with Crippen molar-refractivity contribution in [2.24, 2.45) is 11.3 Å². The molecule has 1 aliphatic carbocycles. The van der Waals surface area contributed by atoms with Crippen molar-refractivity contribution >= 4 is 0 Å². The number of hydrogen-bond acceptors (Lipinski definition) is 3. The monoisotopic (exact) mass is 266 g/mol. The molecule has 3 atom stereocenters. The van der Waals surface area contributed by atoms with Crippen molar-refractivity contribution in [3.63, 3.8) is 0 Å². The van der Waals surface area contributed by atoms with E-state index in [4.69, 9.17) is 4.74 Å². The first-order valence-corrected chi connectivity index (χ1v) is 8.24. The molecule has 0 aromatic carbocycles. The zero-order valence-electron chi connectivity index (χ0n) is 12.7. The van der Waals surface area contributed by atoms with E-state index < -0.39 is 0 Å². The summed E-state index contributed by atoms with van der Waals surface area (Å²) in [6.07, 6.45) is 6.78. The van der Waals surface area contributed by atoms with Crippen LogP contribution in [0.25, 0.3) is 0 Å². The summed E-state index contributed by atoms with van der Waals surface area (Å²) < 4.78 is 5.75. The fourth-order valence-corrected chi connectivity index (χ4v) is 3.69. The molecule has 2 saturated heterocycles. The summed E-state index contributed by atoms with van der Waals surface area (Å²) in [5, 5.41) is 3.75. The SMILES string of the molecule is CC1CCCN(CC2(CNC3CC3)CCOC2)C1C. The van der Waals surface area contributed by atoms with Crippen LogP contribution >= 0.6 is 0 Å². The average molecular weight is 266 g/mol. The van der Waals surface area contributed by atoms with Crippen molar-refractivity contribution in [1.82, 2.24) is 10.2 Å². The topological polar surface area (TPSA) is 24.5 Å². The van der Waals surface area contributed by atoms with Gasteiger partial charge in [-0.2, -0.15) is 0 Å². The van der Waals surface area contributed by atoms with E-state index in [1.165, 1.54) is 45.2 Å². The first-order valence-electron chi connectivity index (χ1n) is 8.24. The second kappa shape index (κ2) is 5.71. The summed E-state index contributed by atoms with van der Waals surface area (Å²) in [6.45, 7) is 10.4. The first-order chi connectivity index (χ1) is 9.19. The van der Waals surface area contributed by atoms with Gasteiger partial charge in [-0.25, -0.2) is 0 Å². The Morgan fingerprint density at radius 3 is 2.79 bits per heavy atom. The van der Waals surface area contributed by atoms with Gasteiger partial charge in [-0.05, 0) is 51.5 Å². The number of likely N-dealkylation sites (tertiary alicyclic amines) is 1. The van der Waals surface area contributed by atoms with Crippen LogP contribution in [0.2, 0.25) is 0 Å². The lowest BCUT2D eigenvalue weighted by molar-refractivity contribution is 0.0496. The normalized spacial score (nSPS) is 40.7. The quantitative estimate of drug-likeness (QED) is 0.826. The highest BCUT2D eigenvalue weighted by molar-refractivity contribution is 4.94. The third kappa shape index (κ3) is 3.32. The lowest BCUT2D eigenvalue weighted by atomic mass is 9.83. The molecule has 0 amide bonds. The van der Waals surface area contributed by atoms with Gasteiger partial charge in [-0.3, -0.25) is 4.90 Å². The number of piperidine rings is 1. The third-order valence-electron chi connectivity index (χ3n) is 5.57. The van der Waals surface area contributed by atoms with Gasteiger partial charge in [0.2, 0.25) is 0 Å². The Balaban J connectivity index is 1.59. The molecular weight excluding hydrogens is 236 g/mol. The number of hydrogen-bond donors (Lipinski definition) is 1. The lowest BCUT2D eigenvalue weighted by Gasteiger charge is -2.43. The average Bonchev–Trinajstić information content (AvgIpc) is 3.13. The van der Waals surface area contributed by atoms with Gasteiger partial charge in [-0.1, -0.05) is 6.92 Å². The Labute approximate surface area is 118 Å². The second-order valence-corrected chi connectivity index (χ2v) is 7.29. The van der Waals surface area contributed by atoms with Crippen LogP contribution in [0, 0.1) is 11.3 Å². The predicted molar refractivity (Wildman–Crippen MR) is 78.3 cm³/mol. The molecular formula is C16H30N2O. The number of nitrogens with one attached hydrogen (secondary N) is 1. The Morgan fingerprint density at radius 1 is 1.26 bits per heavy atom. The summed E-state index contributed by atoms with van der Waals surface area (Å²) in [6, 6.07) is 1.56. The Morgan fingerprint density at radius 2 is 2.11 bits per heavy atom. The van der Waals surface area contributed by atoms with Crippen molar-refractivity contribution in [3.05, 3.63) is 0 Å². The van der Waals surface area contributed by atoms with Gasteiger partial charge in [0, 0.05) is 37.2 Å². The molecule has 0 radical (unpaired) electrons. The van der Waals surface area contributed by atoms with Crippen LogP contribution in [0.4, 0.5) is 0 Å². The molecule has 0 aromatic heterocycles. The van der Waals surface area contributed by atoms with E-state index in [0.717, 1.165) is 37.8 Å². The molecule has 1 saturated carbocycles. The molecule has 3 rings (SSSR count). The van der Waals surface area contributed by atoms with Gasteiger partial charge in [0.1, 0.15) is 0 Å². The van der Waals surface area contributed by atoms with E-state index in [1.54, 1.807) is 0 Å². The van der Waals surface area contributed by atoms with Gasteiger partial charge in [0.15, 0.2) is 0 Å². The molecule has 3 unspecified atom stereocenters. The standard InChI is InChI=1S/C16H30N2O/c1-13-4-3-8-18(14(13)2)11-16(7-9-19-12-16)10-17-15-5-6-15/h13-15,17H,3-12H2,1-2H3. The summed E-state index contributed by atoms with van der Waals surface area (Å²) in [5.74, 6) is 0.851. The molecule has 2 aliphatic heterocycles. The van der Waals surface area contributed by atoms with E-state index >= 15 is 0 Å². The van der Waals surface area contributed by atoms with Gasteiger partial charge in [0.25, 0.3) is 0 Å². The summed E-state index contributed by atoms with van der Waals surface area (Å²) in [7, 11) is 0. The van der Waals surface area contributed by atoms with Crippen molar-refractivity contribution in [2.75, 3.05) is 32.8 Å². The van der Waals surface area contributed by atoms with Gasteiger partial charge < -0.3 is 10.1 Å². The van der Waals surface area contributed by atoms with E-state index in [0.29, 0.717) is 5.41 Å². The minimum Gasteiger partial charge on any atom is -0.381 e. The van der Waals surface area contributed by atoms with Gasteiger partial charge in [0.05, 0.1) is 6.61 Å². The van der Waals surface area contributed by atoms with Crippen LogP contribution in [0.3, 0.4) is 0 Å². The smallest absolute Gasteiger partial charge is 0.0547 e. The van der Waals surface area contributed by atoms with E-state index in [9.17, 15) is 0 Å². The molecule has 2 heterocycles. The molecule has 3 fully saturated rings. The highest BCUT2D eigenvalue weighted by Gasteiger charge is 2.40. The molecule has 3 nitrogen and oxygen atoms in total. The largest absolute Gasteiger partial charge is 0.381 e. The summed E-state index contributed by atoms with van der Waals surface area (Å²) in [5.41, 5.74) is 0.383. The summed E-state index contributed by atoms with van der Waals surface area (Å²) >= 11 is 0. The van der Waals surface area contributed by atoms with E-state index in [1.807, 2.05) is 0 Å².